The largest absolute Gasteiger partial charge is 0.455 e. The molecule has 0 amide bonds. The van der Waals surface area contributed by atoms with Crippen molar-refractivity contribution >= 4 is 59.0 Å². The first-order valence-electron chi connectivity index (χ1n) is 19.0. The van der Waals surface area contributed by atoms with Gasteiger partial charge >= 0.3 is 0 Å². The zero-order chi connectivity index (χ0) is 37.0. The maximum absolute atomic E-state index is 6.67. The normalized spacial score (nSPS) is 12.9. The van der Waals surface area contributed by atoms with E-state index >= 15 is 0 Å². The summed E-state index contributed by atoms with van der Waals surface area (Å²) in [5, 5.41) is 4.65. The van der Waals surface area contributed by atoms with Gasteiger partial charge in [0.25, 0.3) is 0 Å². The van der Waals surface area contributed by atoms with Crippen LogP contribution < -0.4 is 0 Å². The Balaban J connectivity index is 1.01. The molecule has 11 rings (SSSR count). The lowest BCUT2D eigenvalue weighted by Crippen LogP contribution is -2.03. The highest BCUT2D eigenvalue weighted by Gasteiger charge is 2.19. The number of furan rings is 1. The number of rotatable bonds is 6. The number of aromatic nitrogens is 3. The van der Waals surface area contributed by atoms with Crippen molar-refractivity contribution in [3.8, 4) is 56.2 Å². The van der Waals surface area contributed by atoms with E-state index in [1.165, 1.54) is 42.4 Å². The van der Waals surface area contributed by atoms with Crippen LogP contribution in [0.2, 0.25) is 0 Å². The van der Waals surface area contributed by atoms with Crippen molar-refractivity contribution in [1.29, 1.82) is 0 Å². The molecule has 1 aliphatic carbocycles. The van der Waals surface area contributed by atoms with Gasteiger partial charge in [0.05, 0.1) is 5.56 Å². The van der Waals surface area contributed by atoms with E-state index < -0.39 is 0 Å². The highest BCUT2D eigenvalue weighted by atomic mass is 32.1. The van der Waals surface area contributed by atoms with Crippen LogP contribution >= 0.6 is 11.3 Å². The molecular formula is C51H33N3OS. The van der Waals surface area contributed by atoms with E-state index in [0.29, 0.717) is 17.5 Å². The van der Waals surface area contributed by atoms with Crippen LogP contribution in [0.1, 0.15) is 18.7 Å². The Morgan fingerprint density at radius 1 is 0.429 bits per heavy atom. The third-order valence-corrected chi connectivity index (χ3v) is 11.9. The molecular weight excluding hydrogens is 703 g/mol. The standard InChI is InChI=1S/C51H33N3OS/c1-4-11-32(12-5-1)34-19-21-36(22-20-34)50-52-49(35-15-8-3-9-16-35)53-51(54-50)41-18-10-17-40-42-29-38(23-26-45(42)55-48(40)41)39-25-28-47-44(31-39)43-30-37(24-27-46(43)56-47)33-13-6-2-7-14-33/h1-2,4-8,10-31H,3,9H2. The fraction of sp³-hybridized carbons (Fsp3) is 0.0392. The number of para-hydroxylation sites is 1. The van der Waals surface area contributed by atoms with Crippen LogP contribution in [0.3, 0.4) is 0 Å². The summed E-state index contributed by atoms with van der Waals surface area (Å²) in [6.07, 6.45) is 8.49. The molecule has 3 heterocycles. The molecule has 0 spiro atoms. The predicted molar refractivity (Wildman–Crippen MR) is 234 cm³/mol. The lowest BCUT2D eigenvalue weighted by molar-refractivity contribution is 0.669. The summed E-state index contributed by atoms with van der Waals surface area (Å²) in [6, 6.07) is 55.9. The van der Waals surface area contributed by atoms with Gasteiger partial charge in [-0.1, -0.05) is 133 Å². The van der Waals surface area contributed by atoms with Crippen LogP contribution in [-0.4, -0.2) is 15.0 Å². The average molecular weight is 736 g/mol. The Morgan fingerprint density at radius 2 is 1.00 bits per heavy atom. The van der Waals surface area contributed by atoms with Crippen molar-refractivity contribution in [2.24, 2.45) is 0 Å². The van der Waals surface area contributed by atoms with Gasteiger partial charge in [0.2, 0.25) is 0 Å². The van der Waals surface area contributed by atoms with Crippen LogP contribution in [0.15, 0.2) is 180 Å². The molecule has 0 saturated carbocycles. The van der Waals surface area contributed by atoms with Gasteiger partial charge in [0, 0.05) is 42.1 Å². The predicted octanol–water partition coefficient (Wildman–Crippen LogP) is 14.2. The van der Waals surface area contributed by atoms with Gasteiger partial charge in [-0.05, 0) is 88.7 Å². The molecule has 264 valence electrons. The van der Waals surface area contributed by atoms with Gasteiger partial charge in [0.15, 0.2) is 17.5 Å². The molecule has 0 N–H and O–H groups in total. The van der Waals surface area contributed by atoms with Gasteiger partial charge < -0.3 is 4.42 Å². The maximum atomic E-state index is 6.67. The van der Waals surface area contributed by atoms with Crippen molar-refractivity contribution in [3.63, 3.8) is 0 Å². The third kappa shape index (κ3) is 5.72. The van der Waals surface area contributed by atoms with E-state index in [4.69, 9.17) is 19.4 Å². The summed E-state index contributed by atoms with van der Waals surface area (Å²) in [5.74, 6) is 1.88. The van der Waals surface area contributed by atoms with Gasteiger partial charge in [0.1, 0.15) is 11.2 Å². The second kappa shape index (κ2) is 13.4. The van der Waals surface area contributed by atoms with Crippen molar-refractivity contribution in [2.45, 2.75) is 12.8 Å². The van der Waals surface area contributed by atoms with Crippen molar-refractivity contribution in [1.82, 2.24) is 15.0 Å². The number of allylic oxidation sites excluding steroid dienone is 4. The fourth-order valence-corrected chi connectivity index (χ4v) is 8.96. The quantitative estimate of drug-likeness (QED) is 0.171. The van der Waals surface area contributed by atoms with Crippen LogP contribution in [0.4, 0.5) is 0 Å². The van der Waals surface area contributed by atoms with E-state index in [9.17, 15) is 0 Å². The Morgan fingerprint density at radius 3 is 1.70 bits per heavy atom. The molecule has 3 aromatic heterocycles. The highest BCUT2D eigenvalue weighted by Crippen LogP contribution is 2.41. The van der Waals surface area contributed by atoms with E-state index in [-0.39, 0.29) is 0 Å². The third-order valence-electron chi connectivity index (χ3n) is 10.8. The minimum absolute atomic E-state index is 0.589. The first-order chi connectivity index (χ1) is 27.7. The molecule has 0 bridgehead atoms. The fourth-order valence-electron chi connectivity index (χ4n) is 7.90. The smallest absolute Gasteiger partial charge is 0.167 e. The minimum Gasteiger partial charge on any atom is -0.455 e. The zero-order valence-electron chi connectivity index (χ0n) is 30.3. The van der Waals surface area contributed by atoms with Crippen molar-refractivity contribution in [2.75, 3.05) is 0 Å². The highest BCUT2D eigenvalue weighted by molar-refractivity contribution is 7.25. The molecule has 1 aliphatic rings. The number of thiophene rings is 1. The molecule has 0 atom stereocenters. The van der Waals surface area contributed by atoms with Crippen LogP contribution in [0.25, 0.3) is 104 Å². The Hall–Kier alpha value is -6.95. The summed E-state index contributed by atoms with van der Waals surface area (Å²) >= 11 is 1.85. The molecule has 0 saturated heterocycles. The number of hydrogen-bond acceptors (Lipinski definition) is 5. The molecule has 0 fully saturated rings. The summed E-state index contributed by atoms with van der Waals surface area (Å²) in [7, 11) is 0. The van der Waals surface area contributed by atoms with Gasteiger partial charge in [-0.25, -0.2) is 15.0 Å². The minimum atomic E-state index is 0.589. The maximum Gasteiger partial charge on any atom is 0.167 e. The number of fused-ring (bicyclic) bond motifs is 6. The Labute approximate surface area is 327 Å². The first-order valence-corrected chi connectivity index (χ1v) is 19.8. The van der Waals surface area contributed by atoms with Crippen LogP contribution in [0.5, 0.6) is 0 Å². The zero-order valence-corrected chi connectivity index (χ0v) is 31.1. The van der Waals surface area contributed by atoms with Crippen molar-refractivity contribution < 1.29 is 4.42 Å². The number of benzene rings is 7. The van der Waals surface area contributed by atoms with Gasteiger partial charge in [-0.3, -0.25) is 0 Å². The molecule has 0 unspecified atom stereocenters. The molecule has 0 aliphatic heterocycles. The summed E-state index contributed by atoms with van der Waals surface area (Å²) in [5.41, 5.74) is 11.5. The lowest BCUT2D eigenvalue weighted by Gasteiger charge is -2.11. The topological polar surface area (TPSA) is 51.8 Å². The van der Waals surface area contributed by atoms with E-state index in [1.54, 1.807) is 0 Å². The monoisotopic (exact) mass is 735 g/mol. The van der Waals surface area contributed by atoms with Crippen LogP contribution in [-0.2, 0) is 0 Å². The molecule has 7 aromatic carbocycles. The van der Waals surface area contributed by atoms with Gasteiger partial charge in [-0.15, -0.1) is 11.3 Å². The van der Waals surface area contributed by atoms with E-state index in [2.05, 4.69) is 170 Å². The summed E-state index contributed by atoms with van der Waals surface area (Å²) in [6.45, 7) is 0. The Bertz CT molecular complexity index is 3170. The lowest BCUT2D eigenvalue weighted by atomic mass is 9.99. The second-order valence-electron chi connectivity index (χ2n) is 14.3. The number of nitrogens with zero attached hydrogens (tertiary/aromatic N) is 3. The Kier molecular flexibility index (Phi) is 7.78. The average Bonchev–Trinajstić information content (AvgIpc) is 3.84. The van der Waals surface area contributed by atoms with Crippen molar-refractivity contribution in [3.05, 3.63) is 182 Å². The van der Waals surface area contributed by atoms with Gasteiger partial charge in [-0.2, -0.15) is 0 Å². The molecule has 0 radical (unpaired) electrons. The molecule has 4 nitrogen and oxygen atoms in total. The van der Waals surface area contributed by atoms with E-state index in [0.717, 1.165) is 62.6 Å². The first kappa shape index (κ1) is 32.5. The van der Waals surface area contributed by atoms with E-state index in [1.807, 2.05) is 17.4 Å². The molecule has 5 heteroatoms. The summed E-state index contributed by atoms with van der Waals surface area (Å²) < 4.78 is 9.25. The number of hydrogen-bond donors (Lipinski definition) is 0. The SMILES string of the molecule is C1=CC(c2nc(-c3ccc(-c4ccccc4)cc3)nc(-c3cccc4c3oc3ccc(-c5ccc6sc7ccc(-c8ccccc8)cc7c6c5)cc34)n2)=CCC1. The van der Waals surface area contributed by atoms with Crippen LogP contribution in [0, 0.1) is 0 Å². The summed E-state index contributed by atoms with van der Waals surface area (Å²) in [4.78, 5) is 15.2. The molecule has 56 heavy (non-hydrogen) atoms. The second-order valence-corrected chi connectivity index (χ2v) is 15.4. The molecule has 10 aromatic rings.